The Labute approximate surface area is 113 Å². The van der Waals surface area contributed by atoms with Gasteiger partial charge in [-0.25, -0.2) is 0 Å². The second-order valence-electron chi connectivity index (χ2n) is 5.16. The SMILES string of the molecule is O=C(c1cc(C(F)(F)F)[nH]n1)N1CCO[C@@H](C2CC2)C1. The molecule has 2 heterocycles. The molecule has 5 nitrogen and oxygen atoms in total. The smallest absolute Gasteiger partial charge is 0.374 e. The van der Waals surface area contributed by atoms with Crippen LogP contribution in [0.2, 0.25) is 0 Å². The zero-order valence-corrected chi connectivity index (χ0v) is 10.6. The molecule has 2 aliphatic rings. The molecule has 3 rings (SSSR count). The molecular weight excluding hydrogens is 275 g/mol. The van der Waals surface area contributed by atoms with Crippen LogP contribution in [0.4, 0.5) is 13.2 Å². The van der Waals surface area contributed by atoms with Crippen LogP contribution in [0.3, 0.4) is 0 Å². The van der Waals surface area contributed by atoms with Crippen molar-refractivity contribution in [3.63, 3.8) is 0 Å². The van der Waals surface area contributed by atoms with Crippen LogP contribution in [-0.4, -0.2) is 46.8 Å². The van der Waals surface area contributed by atoms with Gasteiger partial charge in [0.1, 0.15) is 5.69 Å². The van der Waals surface area contributed by atoms with Crippen molar-refractivity contribution in [1.82, 2.24) is 15.1 Å². The summed E-state index contributed by atoms with van der Waals surface area (Å²) >= 11 is 0. The average molecular weight is 289 g/mol. The van der Waals surface area contributed by atoms with Crippen LogP contribution in [0.5, 0.6) is 0 Å². The summed E-state index contributed by atoms with van der Waals surface area (Å²) < 4.78 is 43.0. The molecule has 1 saturated carbocycles. The maximum absolute atomic E-state index is 12.5. The molecule has 1 aliphatic carbocycles. The van der Waals surface area contributed by atoms with Crippen LogP contribution in [0, 0.1) is 5.92 Å². The lowest BCUT2D eigenvalue weighted by molar-refractivity contribution is -0.141. The van der Waals surface area contributed by atoms with E-state index in [4.69, 9.17) is 4.74 Å². The quantitative estimate of drug-likeness (QED) is 0.901. The predicted octanol–water partition coefficient (Wildman–Crippen LogP) is 1.68. The molecular formula is C12H14F3N3O2. The van der Waals surface area contributed by atoms with E-state index in [0.29, 0.717) is 25.6 Å². The lowest BCUT2D eigenvalue weighted by Crippen LogP contribution is -2.46. The van der Waals surface area contributed by atoms with Gasteiger partial charge in [-0.1, -0.05) is 0 Å². The fourth-order valence-corrected chi connectivity index (χ4v) is 2.35. The minimum Gasteiger partial charge on any atom is -0.374 e. The molecule has 1 N–H and O–H groups in total. The summed E-state index contributed by atoms with van der Waals surface area (Å²) in [7, 11) is 0. The predicted molar refractivity (Wildman–Crippen MR) is 62.0 cm³/mol. The Hall–Kier alpha value is -1.57. The molecule has 8 heteroatoms. The highest BCUT2D eigenvalue weighted by Crippen LogP contribution is 2.36. The first-order valence-corrected chi connectivity index (χ1v) is 6.48. The van der Waals surface area contributed by atoms with E-state index < -0.39 is 17.8 Å². The van der Waals surface area contributed by atoms with Gasteiger partial charge in [-0.05, 0) is 18.8 Å². The first-order valence-electron chi connectivity index (χ1n) is 6.48. The van der Waals surface area contributed by atoms with Crippen LogP contribution in [-0.2, 0) is 10.9 Å². The number of hydrogen-bond acceptors (Lipinski definition) is 3. The van der Waals surface area contributed by atoms with Gasteiger partial charge in [0.25, 0.3) is 5.91 Å². The summed E-state index contributed by atoms with van der Waals surface area (Å²) in [6, 6.07) is 0.754. The summed E-state index contributed by atoms with van der Waals surface area (Å²) in [5, 5.41) is 5.32. The van der Waals surface area contributed by atoms with E-state index >= 15 is 0 Å². The normalized spacial score (nSPS) is 23.9. The molecule has 1 atom stereocenters. The Bertz CT molecular complexity index is 510. The van der Waals surface area contributed by atoms with Gasteiger partial charge in [0.2, 0.25) is 0 Å². The zero-order chi connectivity index (χ0) is 14.3. The maximum Gasteiger partial charge on any atom is 0.432 e. The van der Waals surface area contributed by atoms with Gasteiger partial charge in [0, 0.05) is 19.2 Å². The van der Waals surface area contributed by atoms with Crippen molar-refractivity contribution in [3.05, 3.63) is 17.5 Å². The molecule has 1 amide bonds. The highest BCUT2D eigenvalue weighted by molar-refractivity contribution is 5.92. The van der Waals surface area contributed by atoms with E-state index in [1.807, 2.05) is 5.10 Å². The molecule has 0 spiro atoms. The largest absolute Gasteiger partial charge is 0.432 e. The van der Waals surface area contributed by atoms with E-state index in [0.717, 1.165) is 18.9 Å². The molecule has 0 radical (unpaired) electrons. The third-order valence-electron chi connectivity index (χ3n) is 3.63. The van der Waals surface area contributed by atoms with Crippen molar-refractivity contribution in [2.45, 2.75) is 25.1 Å². The van der Waals surface area contributed by atoms with Crippen LogP contribution in [0.25, 0.3) is 0 Å². The van der Waals surface area contributed by atoms with Crippen LogP contribution in [0.1, 0.15) is 29.0 Å². The number of nitrogens with zero attached hydrogens (tertiary/aromatic N) is 2. The first-order chi connectivity index (χ1) is 9.45. The van der Waals surface area contributed by atoms with E-state index in [-0.39, 0.29) is 11.8 Å². The van der Waals surface area contributed by atoms with Crippen molar-refractivity contribution in [3.8, 4) is 0 Å². The number of ether oxygens (including phenoxy) is 1. The fraction of sp³-hybridized carbons (Fsp3) is 0.667. The molecule has 0 unspecified atom stereocenters. The number of carbonyl (C=O) groups is 1. The Kier molecular flexibility index (Phi) is 3.19. The van der Waals surface area contributed by atoms with E-state index in [9.17, 15) is 18.0 Å². The third kappa shape index (κ3) is 2.65. The highest BCUT2D eigenvalue weighted by Gasteiger charge is 2.38. The third-order valence-corrected chi connectivity index (χ3v) is 3.63. The minimum absolute atomic E-state index is 0.00808. The number of H-pyrrole nitrogens is 1. The molecule has 1 saturated heterocycles. The topological polar surface area (TPSA) is 58.2 Å². The summed E-state index contributed by atoms with van der Waals surface area (Å²) in [5.41, 5.74) is -1.21. The number of halogens is 3. The van der Waals surface area contributed by atoms with E-state index in [1.54, 1.807) is 0 Å². The molecule has 1 aliphatic heterocycles. The Balaban J connectivity index is 1.70. The van der Waals surface area contributed by atoms with E-state index in [1.165, 1.54) is 4.90 Å². The highest BCUT2D eigenvalue weighted by atomic mass is 19.4. The second-order valence-corrected chi connectivity index (χ2v) is 5.16. The number of amides is 1. The monoisotopic (exact) mass is 289 g/mol. The fourth-order valence-electron chi connectivity index (χ4n) is 2.35. The number of hydrogen-bond donors (Lipinski definition) is 1. The number of carbonyl (C=O) groups excluding carboxylic acids is 1. The molecule has 20 heavy (non-hydrogen) atoms. The average Bonchev–Trinajstić information content (AvgIpc) is 3.13. The molecule has 1 aromatic heterocycles. The van der Waals surface area contributed by atoms with Crippen molar-refractivity contribution >= 4 is 5.91 Å². The van der Waals surface area contributed by atoms with Gasteiger partial charge in [-0.15, -0.1) is 0 Å². The van der Waals surface area contributed by atoms with Gasteiger partial charge < -0.3 is 9.64 Å². The molecule has 0 aromatic carbocycles. The van der Waals surface area contributed by atoms with Gasteiger partial charge in [-0.3, -0.25) is 9.89 Å². The zero-order valence-electron chi connectivity index (χ0n) is 10.6. The number of aromatic nitrogens is 2. The second kappa shape index (κ2) is 4.76. The number of morpholine rings is 1. The van der Waals surface area contributed by atoms with Gasteiger partial charge in [0.05, 0.1) is 12.7 Å². The molecule has 1 aromatic rings. The van der Waals surface area contributed by atoms with Crippen molar-refractivity contribution in [2.24, 2.45) is 5.92 Å². The molecule has 110 valence electrons. The van der Waals surface area contributed by atoms with Crippen LogP contribution in [0.15, 0.2) is 6.07 Å². The van der Waals surface area contributed by atoms with Crippen molar-refractivity contribution < 1.29 is 22.7 Å². The first kappa shape index (κ1) is 13.4. The number of aromatic amines is 1. The van der Waals surface area contributed by atoms with Crippen LogP contribution < -0.4 is 0 Å². The number of alkyl halides is 3. The van der Waals surface area contributed by atoms with Crippen molar-refractivity contribution in [1.29, 1.82) is 0 Å². The molecule has 0 bridgehead atoms. The van der Waals surface area contributed by atoms with Crippen LogP contribution >= 0.6 is 0 Å². The van der Waals surface area contributed by atoms with Gasteiger partial charge in [-0.2, -0.15) is 18.3 Å². The maximum atomic E-state index is 12.5. The summed E-state index contributed by atoms with van der Waals surface area (Å²) in [5.74, 6) is 0.00113. The van der Waals surface area contributed by atoms with E-state index in [2.05, 4.69) is 5.10 Å². The number of nitrogens with one attached hydrogen (secondary N) is 1. The Morgan fingerprint density at radius 2 is 2.20 bits per heavy atom. The summed E-state index contributed by atoms with van der Waals surface area (Å²) in [6.45, 7) is 1.23. The van der Waals surface area contributed by atoms with Gasteiger partial charge >= 0.3 is 6.18 Å². The minimum atomic E-state index is -4.52. The Morgan fingerprint density at radius 1 is 1.45 bits per heavy atom. The Morgan fingerprint density at radius 3 is 2.80 bits per heavy atom. The number of rotatable bonds is 2. The lowest BCUT2D eigenvalue weighted by atomic mass is 10.2. The molecule has 2 fully saturated rings. The lowest BCUT2D eigenvalue weighted by Gasteiger charge is -2.32. The standard InChI is InChI=1S/C12H14F3N3O2/c13-12(14,15)10-5-8(16-17-10)11(19)18-3-4-20-9(6-18)7-1-2-7/h5,7,9H,1-4,6H2,(H,16,17)/t9-/m1/s1. The van der Waals surface area contributed by atoms with Crippen molar-refractivity contribution in [2.75, 3.05) is 19.7 Å². The summed E-state index contributed by atoms with van der Waals surface area (Å²) in [6.07, 6.45) is -2.33. The summed E-state index contributed by atoms with van der Waals surface area (Å²) in [4.78, 5) is 13.7. The van der Waals surface area contributed by atoms with Gasteiger partial charge in [0.15, 0.2) is 5.69 Å².